The summed E-state index contributed by atoms with van der Waals surface area (Å²) in [7, 11) is 0. The van der Waals surface area contributed by atoms with E-state index >= 15 is 0 Å². The van der Waals surface area contributed by atoms with Crippen LogP contribution in [0.1, 0.15) is 36.0 Å². The molecule has 0 saturated carbocycles. The molecule has 3 rings (SSSR count). The van der Waals surface area contributed by atoms with Gasteiger partial charge in [0.25, 0.3) is 0 Å². The lowest BCUT2D eigenvalue weighted by Crippen LogP contribution is -2.39. The number of hydrogen-bond acceptors (Lipinski definition) is 8. The Morgan fingerprint density at radius 1 is 1.09 bits per heavy atom. The van der Waals surface area contributed by atoms with E-state index in [1.165, 1.54) is 6.08 Å². The molecule has 5 atom stereocenters. The highest BCUT2D eigenvalue weighted by Gasteiger charge is 2.35. The first kappa shape index (κ1) is 16.2. The van der Waals surface area contributed by atoms with Crippen molar-refractivity contribution in [2.75, 3.05) is 0 Å². The summed E-state index contributed by atoms with van der Waals surface area (Å²) in [5.41, 5.74) is -0.729. The molecule has 0 aliphatic heterocycles. The van der Waals surface area contributed by atoms with Gasteiger partial charge in [-0.15, -0.1) is 0 Å². The summed E-state index contributed by atoms with van der Waals surface area (Å²) in [5.74, 6) is -0.911. The standard InChI is InChI=1S/C15H18O8/c16-6-3-7(17)11-10(4-6)23-15(14(22)13(11)21)5-1-8(18)12(20)9(19)2-5/h1,6-9,12,16-20,22H,2-4H2/t6-,7+,8-,9+,12?/m1/s1. The minimum atomic E-state index is -1.37. The fourth-order valence-corrected chi connectivity index (χ4v) is 3.08. The number of aromatic hydroxyl groups is 1. The number of rotatable bonds is 1. The number of aliphatic hydroxyl groups is 5. The highest BCUT2D eigenvalue weighted by atomic mass is 16.4. The first-order valence-corrected chi connectivity index (χ1v) is 7.29. The molecule has 0 saturated heterocycles. The van der Waals surface area contributed by atoms with Gasteiger partial charge in [0.1, 0.15) is 18.0 Å². The van der Waals surface area contributed by atoms with Crippen LogP contribution in [0.4, 0.5) is 0 Å². The molecule has 1 aromatic heterocycles. The maximum atomic E-state index is 12.3. The zero-order valence-electron chi connectivity index (χ0n) is 12.1. The summed E-state index contributed by atoms with van der Waals surface area (Å²) in [6.07, 6.45) is -5.07. The zero-order valence-corrected chi connectivity index (χ0v) is 12.1. The van der Waals surface area contributed by atoms with Crippen LogP contribution < -0.4 is 5.43 Å². The molecule has 126 valence electrons. The number of aliphatic hydroxyl groups excluding tert-OH is 5. The largest absolute Gasteiger partial charge is 0.502 e. The second-order valence-electron chi connectivity index (χ2n) is 6.00. The predicted octanol–water partition coefficient (Wildman–Crippen LogP) is -1.44. The summed E-state index contributed by atoms with van der Waals surface area (Å²) in [4.78, 5) is 12.3. The van der Waals surface area contributed by atoms with Gasteiger partial charge >= 0.3 is 0 Å². The Morgan fingerprint density at radius 3 is 2.43 bits per heavy atom. The third-order valence-corrected chi connectivity index (χ3v) is 4.29. The molecule has 1 aromatic rings. The molecule has 0 fully saturated rings. The van der Waals surface area contributed by atoms with Crippen LogP contribution in [-0.4, -0.2) is 55.1 Å². The molecular weight excluding hydrogens is 308 g/mol. The molecule has 0 spiro atoms. The smallest absolute Gasteiger partial charge is 0.233 e. The maximum Gasteiger partial charge on any atom is 0.233 e. The molecule has 2 aliphatic rings. The number of hydrogen-bond donors (Lipinski definition) is 6. The van der Waals surface area contributed by atoms with Gasteiger partial charge < -0.3 is 35.1 Å². The molecule has 8 nitrogen and oxygen atoms in total. The van der Waals surface area contributed by atoms with E-state index in [-0.39, 0.29) is 41.9 Å². The van der Waals surface area contributed by atoms with Gasteiger partial charge in [-0.2, -0.15) is 0 Å². The Kier molecular flexibility index (Phi) is 4.03. The highest BCUT2D eigenvalue weighted by molar-refractivity contribution is 5.68. The van der Waals surface area contributed by atoms with Crippen LogP contribution in [-0.2, 0) is 6.42 Å². The average molecular weight is 326 g/mol. The van der Waals surface area contributed by atoms with Crippen LogP contribution in [0, 0.1) is 0 Å². The lowest BCUT2D eigenvalue weighted by molar-refractivity contribution is -0.0437. The van der Waals surface area contributed by atoms with E-state index in [1.54, 1.807) is 0 Å². The van der Waals surface area contributed by atoms with Crippen molar-refractivity contribution in [3.63, 3.8) is 0 Å². The molecule has 2 aliphatic carbocycles. The molecule has 6 N–H and O–H groups in total. The molecule has 1 unspecified atom stereocenters. The second kappa shape index (κ2) is 5.73. The topological polar surface area (TPSA) is 152 Å². The fraction of sp³-hybridized carbons (Fsp3) is 0.533. The van der Waals surface area contributed by atoms with Crippen LogP contribution in [0.3, 0.4) is 0 Å². The van der Waals surface area contributed by atoms with Crippen molar-refractivity contribution in [2.45, 2.75) is 49.8 Å². The summed E-state index contributed by atoms with van der Waals surface area (Å²) in [6.45, 7) is 0. The summed E-state index contributed by atoms with van der Waals surface area (Å²) in [6, 6.07) is 0. The maximum absolute atomic E-state index is 12.3. The first-order valence-electron chi connectivity index (χ1n) is 7.29. The molecule has 8 heteroatoms. The lowest BCUT2D eigenvalue weighted by atomic mass is 9.88. The van der Waals surface area contributed by atoms with Crippen molar-refractivity contribution in [3.8, 4) is 5.75 Å². The summed E-state index contributed by atoms with van der Waals surface area (Å²) >= 11 is 0. The predicted molar refractivity (Wildman–Crippen MR) is 76.5 cm³/mol. The van der Waals surface area contributed by atoms with Crippen LogP contribution in [0.25, 0.3) is 5.57 Å². The minimum Gasteiger partial charge on any atom is -0.502 e. The lowest BCUT2D eigenvalue weighted by Gasteiger charge is -2.28. The summed E-state index contributed by atoms with van der Waals surface area (Å²) < 4.78 is 5.48. The zero-order chi connectivity index (χ0) is 16.9. The molecule has 0 amide bonds. The van der Waals surface area contributed by atoms with Crippen LogP contribution in [0.15, 0.2) is 15.3 Å². The Bertz CT molecular complexity index is 706. The van der Waals surface area contributed by atoms with E-state index in [4.69, 9.17) is 4.42 Å². The van der Waals surface area contributed by atoms with Crippen molar-refractivity contribution in [3.05, 3.63) is 33.4 Å². The quantitative estimate of drug-likeness (QED) is 0.367. The van der Waals surface area contributed by atoms with Crippen molar-refractivity contribution >= 4 is 5.57 Å². The summed E-state index contributed by atoms with van der Waals surface area (Å²) in [5, 5.41) is 58.6. The van der Waals surface area contributed by atoms with E-state index in [2.05, 4.69) is 0 Å². The van der Waals surface area contributed by atoms with Gasteiger partial charge in [-0.1, -0.05) is 0 Å². The van der Waals surface area contributed by atoms with Crippen molar-refractivity contribution in [1.82, 2.24) is 0 Å². The third kappa shape index (κ3) is 2.68. The molecule has 0 radical (unpaired) electrons. The number of fused-ring (bicyclic) bond motifs is 1. The Hall–Kier alpha value is -1.71. The van der Waals surface area contributed by atoms with Gasteiger partial charge in [0.2, 0.25) is 11.2 Å². The van der Waals surface area contributed by atoms with Crippen LogP contribution in [0.2, 0.25) is 0 Å². The van der Waals surface area contributed by atoms with E-state index < -0.39 is 41.7 Å². The van der Waals surface area contributed by atoms with E-state index in [9.17, 15) is 35.4 Å². The normalized spacial score (nSPS) is 34.0. The monoisotopic (exact) mass is 326 g/mol. The average Bonchev–Trinajstić information content (AvgIpc) is 2.47. The van der Waals surface area contributed by atoms with Gasteiger partial charge in [0.15, 0.2) is 5.76 Å². The fourth-order valence-electron chi connectivity index (χ4n) is 3.08. The van der Waals surface area contributed by atoms with E-state index in [1.807, 2.05) is 0 Å². The molecule has 1 heterocycles. The van der Waals surface area contributed by atoms with Gasteiger partial charge in [0.05, 0.1) is 23.9 Å². The molecular formula is C15H18O8. The van der Waals surface area contributed by atoms with Crippen LogP contribution in [0.5, 0.6) is 5.75 Å². The highest BCUT2D eigenvalue weighted by Crippen LogP contribution is 2.36. The second-order valence-corrected chi connectivity index (χ2v) is 6.00. The van der Waals surface area contributed by atoms with Gasteiger partial charge in [0, 0.05) is 24.8 Å². The van der Waals surface area contributed by atoms with Crippen molar-refractivity contribution in [1.29, 1.82) is 0 Å². The molecule has 23 heavy (non-hydrogen) atoms. The molecule has 0 bridgehead atoms. The minimum absolute atomic E-state index is 0.00985. The Balaban J connectivity index is 2.12. The van der Waals surface area contributed by atoms with Gasteiger partial charge in [-0.3, -0.25) is 4.79 Å². The third-order valence-electron chi connectivity index (χ3n) is 4.29. The molecule has 0 aromatic carbocycles. The first-order chi connectivity index (χ1) is 10.8. The Labute approximate surface area is 130 Å². The SMILES string of the molecule is O=c1c(O)c(C2=C[C@@H](O)C(O)[C@@H](O)C2)oc2c1[C@@H](O)C[C@@H](O)C2. The van der Waals surface area contributed by atoms with E-state index in [0.717, 1.165) is 0 Å². The van der Waals surface area contributed by atoms with Crippen LogP contribution >= 0.6 is 0 Å². The van der Waals surface area contributed by atoms with Gasteiger partial charge in [-0.25, -0.2) is 0 Å². The van der Waals surface area contributed by atoms with Gasteiger partial charge in [-0.05, 0) is 6.08 Å². The van der Waals surface area contributed by atoms with Crippen molar-refractivity contribution < 1.29 is 35.1 Å². The van der Waals surface area contributed by atoms with E-state index in [0.29, 0.717) is 0 Å². The Morgan fingerprint density at radius 2 is 1.78 bits per heavy atom. The van der Waals surface area contributed by atoms with Crippen molar-refractivity contribution in [2.24, 2.45) is 0 Å².